The summed E-state index contributed by atoms with van der Waals surface area (Å²) in [6.07, 6.45) is 0.645. The standard InChI is InChI=1S/2C16H20N2O13S.Ca/c2*19-15(5-1-3-9-28-17(21)22)30-12-7-8-13(14(11-12)32(25,26)27)31-16(20)6-2-4-10-29-18(23)24;/h2*7-8,11H,1-6,9-10H2,(H,25,26,27);/q;;+2/p-2. The molecule has 0 radical (unpaired) electrons. The second-order valence-corrected chi connectivity index (χ2v) is 14.8. The van der Waals surface area contributed by atoms with Crippen LogP contribution in [0.4, 0.5) is 0 Å². The van der Waals surface area contributed by atoms with Crippen molar-refractivity contribution in [2.75, 3.05) is 26.4 Å². The van der Waals surface area contributed by atoms with E-state index >= 15 is 0 Å². The fourth-order valence-corrected chi connectivity index (χ4v) is 5.65. The Kier molecular flexibility index (Phi) is 28.4. The van der Waals surface area contributed by atoms with E-state index in [1.165, 1.54) is 0 Å². The van der Waals surface area contributed by atoms with Crippen LogP contribution < -0.4 is 18.9 Å². The van der Waals surface area contributed by atoms with Gasteiger partial charge < -0.3 is 47.4 Å². The zero-order chi connectivity index (χ0) is 48.3. The average molecular weight is 999 g/mol. The number of unbranched alkanes of at least 4 members (excludes halogenated alkanes) is 4. The number of rotatable bonds is 30. The molecule has 0 unspecified atom stereocenters. The van der Waals surface area contributed by atoms with Gasteiger partial charge in [-0.25, -0.2) is 16.8 Å². The van der Waals surface area contributed by atoms with E-state index in [1.807, 2.05) is 0 Å². The molecule has 0 spiro atoms. The molecule has 0 aliphatic heterocycles. The molecule has 0 saturated heterocycles. The molecule has 0 bridgehead atoms. The predicted octanol–water partition coefficient (Wildman–Crippen LogP) is 1.94. The quantitative estimate of drug-likeness (QED) is 0.0205. The van der Waals surface area contributed by atoms with Gasteiger partial charge in [0.15, 0.2) is 0 Å². The summed E-state index contributed by atoms with van der Waals surface area (Å²) < 4.78 is 88.6. The number of carbonyl (C=O) groups excluding carboxylic acids is 4. The van der Waals surface area contributed by atoms with Gasteiger partial charge in [0, 0.05) is 37.8 Å². The molecule has 0 saturated carbocycles. The fourth-order valence-electron chi connectivity index (χ4n) is 4.42. The van der Waals surface area contributed by atoms with Gasteiger partial charge in [-0.2, -0.15) is 0 Å². The molecule has 2 aromatic rings. The SMILES string of the molecule is O=C(CCCCO[N+](=O)[O-])Oc1ccc(OC(=O)CCCCO[N+](=O)[O-])c(S(=O)(=O)[O-])c1.O=C(CCCCO[N+](=O)[O-])Oc1ccc(OC(=O)CCCCO[N+](=O)[O-])c(S(=O)(=O)[O-])c1.[Ca+2]. The van der Waals surface area contributed by atoms with E-state index in [1.54, 1.807) is 0 Å². The largest absolute Gasteiger partial charge is 2.00 e. The number of benzene rings is 2. The summed E-state index contributed by atoms with van der Waals surface area (Å²) in [7, 11) is -10.2. The third kappa shape index (κ3) is 28.6. The van der Waals surface area contributed by atoms with Crippen molar-refractivity contribution in [2.45, 2.75) is 86.8 Å². The molecular weight excluding hydrogens is 961 g/mol. The van der Waals surface area contributed by atoms with E-state index in [-0.39, 0.29) is 153 Å². The Morgan fingerprint density at radius 2 is 0.677 bits per heavy atom. The van der Waals surface area contributed by atoms with Gasteiger partial charge in [-0.3, -0.25) is 19.2 Å². The molecule has 0 aliphatic carbocycles. The van der Waals surface area contributed by atoms with Gasteiger partial charge in [0.1, 0.15) is 53.0 Å². The first-order valence-electron chi connectivity index (χ1n) is 18.1. The first-order chi connectivity index (χ1) is 30.0. The summed E-state index contributed by atoms with van der Waals surface area (Å²) in [5.41, 5.74) is 0. The van der Waals surface area contributed by atoms with Gasteiger partial charge in [-0.15, -0.1) is 40.5 Å². The van der Waals surface area contributed by atoms with Crippen LogP contribution in [0.2, 0.25) is 0 Å². The number of ether oxygens (including phenoxy) is 4. The van der Waals surface area contributed by atoms with Crippen molar-refractivity contribution in [1.29, 1.82) is 0 Å². The predicted molar refractivity (Wildman–Crippen MR) is 204 cm³/mol. The van der Waals surface area contributed by atoms with E-state index < -0.39 is 85.7 Å². The van der Waals surface area contributed by atoms with Crippen molar-refractivity contribution in [3.63, 3.8) is 0 Å². The van der Waals surface area contributed by atoms with E-state index in [4.69, 9.17) is 18.9 Å². The molecule has 0 aromatic heterocycles. The number of nitrogens with zero attached hydrogens (tertiary/aromatic N) is 4. The summed E-state index contributed by atoms with van der Waals surface area (Å²) in [4.78, 5) is 102. The molecular formula is C32H38CaN4O26S2. The van der Waals surface area contributed by atoms with Crippen LogP contribution in [-0.4, -0.2) is 134 Å². The van der Waals surface area contributed by atoms with E-state index in [2.05, 4.69) is 19.4 Å². The van der Waals surface area contributed by atoms with Gasteiger partial charge in [-0.1, -0.05) is 0 Å². The van der Waals surface area contributed by atoms with Gasteiger partial charge in [0.05, 0.1) is 26.4 Å². The smallest absolute Gasteiger partial charge is 0.744 e. The second-order valence-electron chi connectivity index (χ2n) is 12.1. The van der Waals surface area contributed by atoms with Gasteiger partial charge in [0.25, 0.3) is 20.3 Å². The van der Waals surface area contributed by atoms with Crippen molar-refractivity contribution < 1.29 is 104 Å². The summed E-state index contributed by atoms with van der Waals surface area (Å²) >= 11 is 0. The molecule has 356 valence electrons. The maximum atomic E-state index is 11.8. The van der Waals surface area contributed by atoms with E-state index in [0.29, 0.717) is 0 Å². The summed E-state index contributed by atoms with van der Waals surface area (Å²) in [6.45, 7) is -0.879. The molecule has 0 heterocycles. The molecule has 0 aliphatic rings. The second kappa shape index (κ2) is 31.1. The Morgan fingerprint density at radius 1 is 0.431 bits per heavy atom. The molecule has 33 heteroatoms. The van der Waals surface area contributed by atoms with Crippen LogP contribution in [0.3, 0.4) is 0 Å². The van der Waals surface area contributed by atoms with E-state index in [9.17, 15) is 85.6 Å². The molecule has 0 fully saturated rings. The molecule has 0 N–H and O–H groups in total. The third-order valence-electron chi connectivity index (χ3n) is 7.17. The van der Waals surface area contributed by atoms with Crippen LogP contribution in [0.25, 0.3) is 0 Å². The van der Waals surface area contributed by atoms with Gasteiger partial charge in [0.2, 0.25) is 0 Å². The molecule has 65 heavy (non-hydrogen) atoms. The number of carbonyl (C=O) groups is 4. The summed E-state index contributed by atoms with van der Waals surface area (Å²) in [5, 5.41) is 36.1. The maximum absolute atomic E-state index is 11.8. The average Bonchev–Trinajstić information content (AvgIpc) is 3.17. The Balaban J connectivity index is 0.00000124. The van der Waals surface area contributed by atoms with Crippen LogP contribution >= 0.6 is 0 Å². The number of hydrogen-bond acceptors (Lipinski definition) is 26. The molecule has 0 amide bonds. The Labute approximate surface area is 396 Å². The minimum Gasteiger partial charge on any atom is -0.744 e. The normalized spacial score (nSPS) is 10.6. The van der Waals surface area contributed by atoms with Crippen LogP contribution in [0.5, 0.6) is 23.0 Å². The van der Waals surface area contributed by atoms with Crippen LogP contribution in [0.1, 0.15) is 77.0 Å². The van der Waals surface area contributed by atoms with Crippen molar-refractivity contribution in [3.05, 3.63) is 76.9 Å². The molecule has 2 aromatic carbocycles. The number of hydrogen-bond donors (Lipinski definition) is 0. The van der Waals surface area contributed by atoms with Crippen molar-refractivity contribution >= 4 is 81.9 Å². The summed E-state index contributed by atoms with van der Waals surface area (Å²) in [6, 6.07) is 5.59. The van der Waals surface area contributed by atoms with Gasteiger partial charge in [-0.05, 0) is 75.6 Å². The van der Waals surface area contributed by atoms with E-state index in [0.717, 1.165) is 36.4 Å². The molecule has 2 rings (SSSR count). The fraction of sp³-hybridized carbons (Fsp3) is 0.500. The minimum atomic E-state index is -5.10. The minimum absolute atomic E-state index is 0. The molecule has 0 atom stereocenters. The Hall–Kier alpha value is -5.80. The molecule has 30 nitrogen and oxygen atoms in total. The van der Waals surface area contributed by atoms with Crippen LogP contribution in [-0.2, 0) is 58.8 Å². The van der Waals surface area contributed by atoms with Gasteiger partial charge >= 0.3 is 61.6 Å². The van der Waals surface area contributed by atoms with Crippen LogP contribution in [0, 0.1) is 40.5 Å². The van der Waals surface area contributed by atoms with Crippen LogP contribution in [0.15, 0.2) is 46.2 Å². The monoisotopic (exact) mass is 998 g/mol. The third-order valence-corrected chi connectivity index (χ3v) is 8.88. The number of esters is 4. The summed E-state index contributed by atoms with van der Waals surface area (Å²) in [5.74, 6) is -5.07. The maximum Gasteiger partial charge on any atom is 2.00 e. The van der Waals surface area contributed by atoms with Crippen molar-refractivity contribution in [3.8, 4) is 23.0 Å². The Morgan fingerprint density at radius 3 is 0.908 bits per heavy atom. The van der Waals surface area contributed by atoms with Crippen molar-refractivity contribution in [1.82, 2.24) is 0 Å². The zero-order valence-corrected chi connectivity index (χ0v) is 37.5. The van der Waals surface area contributed by atoms with Crippen molar-refractivity contribution in [2.24, 2.45) is 0 Å². The topological polar surface area (TPSA) is 429 Å². The zero-order valence-electron chi connectivity index (χ0n) is 33.7. The first kappa shape index (κ1) is 59.2. The Bertz CT molecular complexity index is 2020. The first-order valence-corrected chi connectivity index (χ1v) is 20.9.